The number of rotatable bonds is 9. The molecule has 2 fully saturated rings. The van der Waals surface area contributed by atoms with Crippen LogP contribution in [-0.2, 0) is 20.7 Å². The summed E-state index contributed by atoms with van der Waals surface area (Å²) < 4.78 is 45.6. The molecule has 1 aromatic heterocycles. The molecule has 5 rings (SSSR count). The van der Waals surface area contributed by atoms with Gasteiger partial charge in [-0.3, -0.25) is 9.69 Å². The molecule has 38 heavy (non-hydrogen) atoms. The molecule has 0 bridgehead atoms. The number of nitrogens with zero attached hydrogens (tertiary/aromatic N) is 3. The molecule has 3 heterocycles. The highest BCUT2D eigenvalue weighted by molar-refractivity contribution is 6.31. The topological polar surface area (TPSA) is 85.8 Å². The molecule has 2 aliphatic heterocycles. The lowest BCUT2D eigenvalue weighted by Gasteiger charge is -2.24. The number of anilines is 2. The van der Waals surface area contributed by atoms with Gasteiger partial charge in [0.1, 0.15) is 23.7 Å². The highest BCUT2D eigenvalue weighted by Crippen LogP contribution is 2.32. The van der Waals surface area contributed by atoms with Crippen molar-refractivity contribution < 1.29 is 27.8 Å². The lowest BCUT2D eigenvalue weighted by molar-refractivity contribution is -0.116. The molecule has 2 saturated heterocycles. The van der Waals surface area contributed by atoms with Crippen molar-refractivity contribution in [2.24, 2.45) is 0 Å². The number of halogens is 3. The van der Waals surface area contributed by atoms with Gasteiger partial charge in [-0.15, -0.1) is 0 Å². The minimum absolute atomic E-state index is 0.0155. The average Bonchev–Trinajstić information content (AvgIpc) is 3.33. The summed E-state index contributed by atoms with van der Waals surface area (Å²) in [6, 6.07) is 7.62. The average molecular weight is 545 g/mol. The molecule has 2 aromatic carbocycles. The quantitative estimate of drug-likeness (QED) is 0.390. The van der Waals surface area contributed by atoms with Crippen molar-refractivity contribution in [3.05, 3.63) is 65.0 Å². The molecule has 0 radical (unpaired) electrons. The van der Waals surface area contributed by atoms with E-state index in [1.807, 2.05) is 11.8 Å². The van der Waals surface area contributed by atoms with Crippen molar-refractivity contribution in [2.45, 2.75) is 25.6 Å². The third-order valence-electron chi connectivity index (χ3n) is 6.48. The molecule has 8 nitrogen and oxygen atoms in total. The van der Waals surface area contributed by atoms with Crippen molar-refractivity contribution in [2.75, 3.05) is 44.8 Å². The lowest BCUT2D eigenvalue weighted by Crippen LogP contribution is -2.36. The van der Waals surface area contributed by atoms with Gasteiger partial charge in [0.05, 0.1) is 42.6 Å². The molecular formula is C27H27ClF2N4O4. The first-order valence-electron chi connectivity index (χ1n) is 12.4. The van der Waals surface area contributed by atoms with Crippen LogP contribution in [0.25, 0.3) is 10.9 Å². The van der Waals surface area contributed by atoms with Crippen LogP contribution < -0.4 is 10.1 Å². The Bertz CT molecular complexity index is 1360. The minimum atomic E-state index is -0.812. The molecule has 0 aliphatic carbocycles. The van der Waals surface area contributed by atoms with Gasteiger partial charge in [0.15, 0.2) is 11.6 Å². The summed E-state index contributed by atoms with van der Waals surface area (Å²) in [6.45, 7) is 4.86. The molecule has 0 amide bonds. The normalized spacial score (nSPS) is 19.9. The van der Waals surface area contributed by atoms with Crippen LogP contribution in [0.3, 0.4) is 0 Å². The van der Waals surface area contributed by atoms with E-state index in [4.69, 9.17) is 25.8 Å². The fourth-order valence-corrected chi connectivity index (χ4v) is 4.81. The molecule has 200 valence electrons. The van der Waals surface area contributed by atoms with Gasteiger partial charge in [-0.1, -0.05) is 11.6 Å². The van der Waals surface area contributed by atoms with E-state index < -0.39 is 17.4 Å². The van der Waals surface area contributed by atoms with E-state index in [0.29, 0.717) is 66.6 Å². The molecular weight excluding hydrogens is 518 g/mol. The van der Waals surface area contributed by atoms with E-state index in [1.54, 1.807) is 12.1 Å². The minimum Gasteiger partial charge on any atom is -0.494 e. The molecule has 3 aromatic rings. The summed E-state index contributed by atoms with van der Waals surface area (Å²) in [5.41, 5.74) is 1.58. The van der Waals surface area contributed by atoms with Gasteiger partial charge in [-0.25, -0.2) is 18.7 Å². The van der Waals surface area contributed by atoms with Crippen molar-refractivity contribution in [1.29, 1.82) is 0 Å². The first-order chi connectivity index (χ1) is 18.4. The zero-order valence-corrected chi connectivity index (χ0v) is 21.5. The Balaban J connectivity index is 1.35. The predicted octanol–water partition coefficient (Wildman–Crippen LogP) is 4.63. The number of likely N-dealkylation sites (tertiary alicyclic amines) is 1. The first kappa shape index (κ1) is 26.4. The maximum atomic E-state index is 14.9. The maximum absolute atomic E-state index is 14.9. The van der Waals surface area contributed by atoms with Gasteiger partial charge in [0, 0.05) is 48.8 Å². The van der Waals surface area contributed by atoms with E-state index in [9.17, 15) is 13.6 Å². The summed E-state index contributed by atoms with van der Waals surface area (Å²) in [6.07, 6.45) is 2.44. The molecule has 11 heteroatoms. The van der Waals surface area contributed by atoms with Crippen molar-refractivity contribution in [1.82, 2.24) is 14.9 Å². The van der Waals surface area contributed by atoms with E-state index >= 15 is 0 Å². The number of hydrogen-bond acceptors (Lipinski definition) is 8. The molecule has 0 spiro atoms. The van der Waals surface area contributed by atoms with Crippen molar-refractivity contribution >= 4 is 39.8 Å². The summed E-state index contributed by atoms with van der Waals surface area (Å²) in [7, 11) is 0. The summed E-state index contributed by atoms with van der Waals surface area (Å²) in [5, 5.41) is 3.66. The Labute approximate surface area is 223 Å². The largest absolute Gasteiger partial charge is 0.494 e. The SMILES string of the molecule is CCOc1cc2ncnc(Nc3ccc(F)c(Cl)c3)c2cc1CC(=O)/C(F)=C\CN1C[C@@H]2OCCO[C@H]2C1. The number of aromatic nitrogens is 2. The zero-order valence-electron chi connectivity index (χ0n) is 20.8. The van der Waals surface area contributed by atoms with Crippen LogP contribution in [0.1, 0.15) is 12.5 Å². The Morgan fingerprint density at radius 3 is 2.68 bits per heavy atom. The number of Topliss-reactive ketones (excluding diaryl/α,β-unsaturated/α-hetero) is 1. The van der Waals surface area contributed by atoms with Crippen LogP contribution in [0, 0.1) is 5.82 Å². The number of ketones is 1. The fourth-order valence-electron chi connectivity index (χ4n) is 4.63. The number of hydrogen-bond donors (Lipinski definition) is 1. The van der Waals surface area contributed by atoms with Crippen LogP contribution in [0.5, 0.6) is 5.75 Å². The fraction of sp³-hybridized carbons (Fsp3) is 0.370. The smallest absolute Gasteiger partial charge is 0.195 e. The number of benzene rings is 2. The highest BCUT2D eigenvalue weighted by atomic mass is 35.5. The van der Waals surface area contributed by atoms with Crippen LogP contribution in [0.2, 0.25) is 5.02 Å². The van der Waals surface area contributed by atoms with E-state index in [-0.39, 0.29) is 30.2 Å². The Morgan fingerprint density at radius 2 is 1.97 bits per heavy atom. The summed E-state index contributed by atoms with van der Waals surface area (Å²) in [4.78, 5) is 23.4. The highest BCUT2D eigenvalue weighted by Gasteiger charge is 2.36. The second-order valence-corrected chi connectivity index (χ2v) is 9.48. The van der Waals surface area contributed by atoms with Crippen LogP contribution in [-0.4, -0.2) is 72.3 Å². The third-order valence-corrected chi connectivity index (χ3v) is 6.77. The van der Waals surface area contributed by atoms with E-state index in [2.05, 4.69) is 15.3 Å². The van der Waals surface area contributed by atoms with Crippen molar-refractivity contribution in [3.8, 4) is 5.75 Å². The predicted molar refractivity (Wildman–Crippen MR) is 139 cm³/mol. The standard InChI is InChI=1S/C27H27ClF2N4O4/c1-2-36-24-12-22-18(27(32-15-31-22)33-17-3-4-20(29)19(28)11-17)9-16(24)10-23(35)21(30)5-6-34-13-25-26(14-34)38-8-7-37-25/h3-5,9,11-12,15,25-26H,2,6-8,10,13-14H2,1H3,(H,31,32,33)/b21-5+/t25-,26-/m0/s1. The number of carbonyl (C=O) groups excluding carboxylic acids is 1. The molecule has 2 atom stereocenters. The van der Waals surface area contributed by atoms with Crippen LogP contribution in [0.15, 0.2) is 48.6 Å². The lowest BCUT2D eigenvalue weighted by atomic mass is 10.0. The number of allylic oxidation sites excluding steroid dienone is 1. The van der Waals surface area contributed by atoms with Gasteiger partial charge in [-0.2, -0.15) is 0 Å². The van der Waals surface area contributed by atoms with Crippen LogP contribution >= 0.6 is 11.6 Å². The van der Waals surface area contributed by atoms with Gasteiger partial charge in [0.25, 0.3) is 0 Å². The molecule has 0 saturated carbocycles. The first-order valence-corrected chi connectivity index (χ1v) is 12.8. The van der Waals surface area contributed by atoms with Crippen LogP contribution in [0.4, 0.5) is 20.3 Å². The van der Waals surface area contributed by atoms with Gasteiger partial charge in [0.2, 0.25) is 0 Å². The second kappa shape index (κ2) is 11.7. The number of ether oxygens (including phenoxy) is 3. The maximum Gasteiger partial charge on any atom is 0.195 e. The van der Waals surface area contributed by atoms with E-state index in [1.165, 1.54) is 30.6 Å². The molecule has 1 N–H and O–H groups in total. The Hall–Kier alpha value is -3.18. The summed E-state index contributed by atoms with van der Waals surface area (Å²) in [5.74, 6) is -1.15. The summed E-state index contributed by atoms with van der Waals surface area (Å²) >= 11 is 5.91. The van der Waals surface area contributed by atoms with Gasteiger partial charge >= 0.3 is 0 Å². The second-order valence-electron chi connectivity index (χ2n) is 9.08. The van der Waals surface area contributed by atoms with E-state index in [0.717, 1.165) is 0 Å². The van der Waals surface area contributed by atoms with Gasteiger partial charge < -0.3 is 19.5 Å². The number of nitrogens with one attached hydrogen (secondary N) is 1. The Kier molecular flexibility index (Phi) is 8.13. The molecule has 0 unspecified atom stereocenters. The Morgan fingerprint density at radius 1 is 1.21 bits per heavy atom. The molecule has 2 aliphatic rings. The van der Waals surface area contributed by atoms with Gasteiger partial charge in [-0.05, 0) is 37.3 Å². The number of carbonyl (C=O) groups is 1. The monoisotopic (exact) mass is 544 g/mol. The van der Waals surface area contributed by atoms with Crippen molar-refractivity contribution in [3.63, 3.8) is 0 Å². The number of fused-ring (bicyclic) bond motifs is 2. The zero-order chi connectivity index (χ0) is 26.6. The third kappa shape index (κ3) is 5.94.